The van der Waals surface area contributed by atoms with E-state index in [4.69, 9.17) is 9.47 Å². The topological polar surface area (TPSA) is 64.6 Å². The Morgan fingerprint density at radius 3 is 2.19 bits per heavy atom. The number of methoxy groups -OCH3 is 2. The van der Waals surface area contributed by atoms with E-state index in [1.807, 2.05) is 42.5 Å². The fraction of sp³-hybridized carbons (Fsp3) is 0.200. The summed E-state index contributed by atoms with van der Waals surface area (Å²) in [5.41, 5.74) is 2.10. The summed E-state index contributed by atoms with van der Waals surface area (Å²) in [6.07, 6.45) is 0.654. The normalized spacial score (nSPS) is 11.5. The molecule has 0 bridgehead atoms. The summed E-state index contributed by atoms with van der Waals surface area (Å²) in [6, 6.07) is 16.7. The summed E-state index contributed by atoms with van der Waals surface area (Å²) in [4.78, 5) is 0.251. The quantitative estimate of drug-likeness (QED) is 0.722. The average Bonchev–Trinajstić information content (AvgIpc) is 2.68. The van der Waals surface area contributed by atoms with Crippen LogP contribution in [-0.4, -0.2) is 29.7 Å². The molecule has 0 saturated carbocycles. The van der Waals surface area contributed by atoms with Gasteiger partial charge in [-0.25, -0.2) is 13.1 Å². The number of nitrogens with one attached hydrogen (secondary N) is 1. The molecule has 3 aromatic carbocycles. The second-order valence-corrected chi connectivity index (χ2v) is 7.72. The summed E-state index contributed by atoms with van der Waals surface area (Å²) in [5, 5.41) is 1.99. The molecule has 0 heterocycles. The molecule has 0 aliphatic heterocycles. The van der Waals surface area contributed by atoms with Gasteiger partial charge in [-0.2, -0.15) is 0 Å². The second kappa shape index (κ2) is 7.35. The van der Waals surface area contributed by atoms with Crippen molar-refractivity contribution in [2.75, 3.05) is 21.3 Å². The number of benzene rings is 3. The molecule has 6 heteroatoms. The molecule has 0 saturated heterocycles. The highest BCUT2D eigenvalue weighted by Gasteiger charge is 2.13. The van der Waals surface area contributed by atoms with E-state index in [0.717, 1.165) is 33.4 Å². The van der Waals surface area contributed by atoms with Crippen LogP contribution < -0.4 is 14.2 Å². The molecule has 0 aliphatic rings. The van der Waals surface area contributed by atoms with Gasteiger partial charge in [0.25, 0.3) is 0 Å². The average molecular weight is 371 g/mol. The van der Waals surface area contributed by atoms with Gasteiger partial charge in [-0.1, -0.05) is 30.3 Å². The smallest absolute Gasteiger partial charge is 0.240 e. The van der Waals surface area contributed by atoms with E-state index in [1.54, 1.807) is 26.4 Å². The van der Waals surface area contributed by atoms with Crippen molar-refractivity contribution in [3.63, 3.8) is 0 Å². The molecule has 3 rings (SSSR count). The van der Waals surface area contributed by atoms with Crippen LogP contribution in [0.5, 0.6) is 11.5 Å². The third-order valence-corrected chi connectivity index (χ3v) is 5.82. The van der Waals surface area contributed by atoms with E-state index in [2.05, 4.69) is 4.72 Å². The van der Waals surface area contributed by atoms with Crippen molar-refractivity contribution in [2.24, 2.45) is 0 Å². The van der Waals surface area contributed by atoms with E-state index in [-0.39, 0.29) is 4.90 Å². The van der Waals surface area contributed by atoms with Crippen LogP contribution in [-0.2, 0) is 16.4 Å². The van der Waals surface area contributed by atoms with Crippen LogP contribution in [0.2, 0.25) is 0 Å². The zero-order valence-corrected chi connectivity index (χ0v) is 15.8. The van der Waals surface area contributed by atoms with E-state index in [0.29, 0.717) is 6.42 Å². The molecule has 0 aromatic heterocycles. The van der Waals surface area contributed by atoms with Crippen molar-refractivity contribution in [1.29, 1.82) is 0 Å². The third kappa shape index (κ3) is 3.38. The molecule has 0 fully saturated rings. The zero-order valence-electron chi connectivity index (χ0n) is 14.9. The lowest BCUT2D eigenvalue weighted by atomic mass is 9.97. The highest BCUT2D eigenvalue weighted by atomic mass is 32.2. The van der Waals surface area contributed by atoms with Crippen molar-refractivity contribution in [2.45, 2.75) is 11.3 Å². The number of rotatable bonds is 6. The Labute approximate surface area is 153 Å². The van der Waals surface area contributed by atoms with Gasteiger partial charge in [0.1, 0.15) is 11.5 Å². The summed E-state index contributed by atoms with van der Waals surface area (Å²) in [6.45, 7) is 0. The first-order valence-corrected chi connectivity index (χ1v) is 9.63. The minimum Gasteiger partial charge on any atom is -0.496 e. The maximum absolute atomic E-state index is 11.9. The van der Waals surface area contributed by atoms with Gasteiger partial charge in [0.05, 0.1) is 19.1 Å². The lowest BCUT2D eigenvalue weighted by molar-refractivity contribution is 0.415. The van der Waals surface area contributed by atoms with Gasteiger partial charge >= 0.3 is 0 Å². The van der Waals surface area contributed by atoms with E-state index in [9.17, 15) is 8.42 Å². The van der Waals surface area contributed by atoms with Gasteiger partial charge in [0, 0.05) is 10.8 Å². The summed E-state index contributed by atoms with van der Waals surface area (Å²) < 4.78 is 37.0. The summed E-state index contributed by atoms with van der Waals surface area (Å²) in [5.74, 6) is 1.57. The predicted octanol–water partition coefficient (Wildman–Crippen LogP) is 3.36. The SMILES string of the molecule is CNS(=O)(=O)c1ccc(Cc2ccc(OC)c3cccc(OC)c23)cc1. The number of hydrogen-bond acceptors (Lipinski definition) is 4. The van der Waals surface area contributed by atoms with Gasteiger partial charge < -0.3 is 9.47 Å². The first-order valence-electron chi connectivity index (χ1n) is 8.15. The maximum Gasteiger partial charge on any atom is 0.240 e. The first-order chi connectivity index (χ1) is 12.5. The van der Waals surface area contributed by atoms with Crippen molar-refractivity contribution in [3.05, 3.63) is 65.7 Å². The molecular weight excluding hydrogens is 350 g/mol. The minimum atomic E-state index is -3.43. The lowest BCUT2D eigenvalue weighted by Gasteiger charge is -2.14. The van der Waals surface area contributed by atoms with Crippen molar-refractivity contribution >= 4 is 20.8 Å². The van der Waals surface area contributed by atoms with Crippen LogP contribution in [0.4, 0.5) is 0 Å². The van der Waals surface area contributed by atoms with Crippen LogP contribution in [0.15, 0.2) is 59.5 Å². The van der Waals surface area contributed by atoms with Crippen LogP contribution in [0.25, 0.3) is 10.8 Å². The van der Waals surface area contributed by atoms with Gasteiger partial charge in [0.15, 0.2) is 0 Å². The molecule has 0 unspecified atom stereocenters. The molecule has 0 radical (unpaired) electrons. The molecule has 1 N–H and O–H groups in total. The van der Waals surface area contributed by atoms with Gasteiger partial charge in [-0.05, 0) is 48.9 Å². The van der Waals surface area contributed by atoms with Crippen molar-refractivity contribution in [3.8, 4) is 11.5 Å². The van der Waals surface area contributed by atoms with Crippen LogP contribution in [0.1, 0.15) is 11.1 Å². The second-order valence-electron chi connectivity index (χ2n) is 5.84. The summed E-state index contributed by atoms with van der Waals surface area (Å²) >= 11 is 0. The Bertz CT molecular complexity index is 1030. The van der Waals surface area contributed by atoms with E-state index >= 15 is 0 Å². The van der Waals surface area contributed by atoms with Crippen molar-refractivity contribution in [1.82, 2.24) is 4.72 Å². The fourth-order valence-corrected chi connectivity index (χ4v) is 3.77. The monoisotopic (exact) mass is 371 g/mol. The molecule has 0 amide bonds. The number of hydrogen-bond donors (Lipinski definition) is 1. The summed E-state index contributed by atoms with van der Waals surface area (Å²) in [7, 11) is 1.27. The van der Waals surface area contributed by atoms with Gasteiger partial charge in [-0.3, -0.25) is 0 Å². The number of sulfonamides is 1. The van der Waals surface area contributed by atoms with Crippen molar-refractivity contribution < 1.29 is 17.9 Å². The molecule has 136 valence electrons. The Morgan fingerprint density at radius 2 is 1.58 bits per heavy atom. The number of fused-ring (bicyclic) bond motifs is 1. The third-order valence-electron chi connectivity index (χ3n) is 4.39. The highest BCUT2D eigenvalue weighted by Crippen LogP contribution is 2.36. The first kappa shape index (κ1) is 18.2. The molecule has 0 atom stereocenters. The molecule has 26 heavy (non-hydrogen) atoms. The Hall–Kier alpha value is -2.57. The number of ether oxygens (including phenoxy) is 2. The molecule has 5 nitrogen and oxygen atoms in total. The Morgan fingerprint density at radius 1 is 0.885 bits per heavy atom. The lowest BCUT2D eigenvalue weighted by Crippen LogP contribution is -2.18. The van der Waals surface area contributed by atoms with E-state index < -0.39 is 10.0 Å². The molecular formula is C20H21NO4S. The zero-order chi connectivity index (χ0) is 18.7. The standard InChI is InChI=1S/C20H21NO4S/c1-21-26(22,23)16-10-7-14(8-11-16)13-15-9-12-18(24-2)17-5-4-6-19(25-3)20(15)17/h4-12,21H,13H2,1-3H3. The predicted molar refractivity (Wildman–Crippen MR) is 103 cm³/mol. The Balaban J connectivity index is 2.04. The Kier molecular flexibility index (Phi) is 5.15. The van der Waals surface area contributed by atoms with Gasteiger partial charge in [0.2, 0.25) is 10.0 Å². The largest absolute Gasteiger partial charge is 0.496 e. The highest BCUT2D eigenvalue weighted by molar-refractivity contribution is 7.89. The van der Waals surface area contributed by atoms with Crippen LogP contribution in [0, 0.1) is 0 Å². The van der Waals surface area contributed by atoms with Crippen LogP contribution >= 0.6 is 0 Å². The minimum absolute atomic E-state index is 0.251. The molecule has 3 aromatic rings. The molecule has 0 aliphatic carbocycles. The maximum atomic E-state index is 11.9. The van der Waals surface area contributed by atoms with Gasteiger partial charge in [-0.15, -0.1) is 0 Å². The molecule has 0 spiro atoms. The van der Waals surface area contributed by atoms with E-state index in [1.165, 1.54) is 7.05 Å². The van der Waals surface area contributed by atoms with Crippen LogP contribution in [0.3, 0.4) is 0 Å². The fourth-order valence-electron chi connectivity index (χ4n) is 3.04.